The molecule has 1 fully saturated rings. The summed E-state index contributed by atoms with van der Waals surface area (Å²) in [5, 5.41) is 3.28. The Bertz CT molecular complexity index is 937. The number of hydrogen-bond donors (Lipinski definition) is 1. The highest BCUT2D eigenvalue weighted by Gasteiger charge is 2.39. The van der Waals surface area contributed by atoms with Crippen LogP contribution in [0.3, 0.4) is 0 Å². The van der Waals surface area contributed by atoms with Gasteiger partial charge in [-0.25, -0.2) is 0 Å². The quantitative estimate of drug-likeness (QED) is 0.577. The Kier molecular flexibility index (Phi) is 7.51. The van der Waals surface area contributed by atoms with Gasteiger partial charge in [-0.3, -0.25) is 9.59 Å². The van der Waals surface area contributed by atoms with E-state index in [-0.39, 0.29) is 29.8 Å². The molecule has 0 aliphatic heterocycles. The van der Waals surface area contributed by atoms with Crippen LogP contribution in [0.4, 0.5) is 0 Å². The highest BCUT2D eigenvalue weighted by Crippen LogP contribution is 2.39. The lowest BCUT2D eigenvalue weighted by Crippen LogP contribution is -2.49. The van der Waals surface area contributed by atoms with Crippen LogP contribution < -0.4 is 5.32 Å². The molecule has 2 aliphatic rings. The van der Waals surface area contributed by atoms with Crippen molar-refractivity contribution in [3.8, 4) is 0 Å². The van der Waals surface area contributed by atoms with E-state index >= 15 is 0 Å². The molecule has 32 heavy (non-hydrogen) atoms. The summed E-state index contributed by atoms with van der Waals surface area (Å²) in [7, 11) is 0. The number of carbonyl (C=O) groups excluding carboxylic acids is 2. The first-order valence-corrected chi connectivity index (χ1v) is 12.4. The van der Waals surface area contributed by atoms with Crippen LogP contribution in [0.1, 0.15) is 79.3 Å². The van der Waals surface area contributed by atoms with E-state index in [4.69, 9.17) is 11.6 Å². The molecule has 0 radical (unpaired) electrons. The number of amides is 2. The molecule has 0 spiro atoms. The summed E-state index contributed by atoms with van der Waals surface area (Å²) in [6.45, 7) is 2.03. The third-order valence-electron chi connectivity index (χ3n) is 6.95. The minimum absolute atomic E-state index is 0.0951. The largest absolute Gasteiger partial charge is 0.351 e. The summed E-state index contributed by atoms with van der Waals surface area (Å²) in [6, 6.07) is 15.6. The lowest BCUT2D eigenvalue weighted by molar-refractivity contribution is -0.142. The molecule has 2 aliphatic carbocycles. The Hall–Kier alpha value is -2.33. The Morgan fingerprint density at radius 3 is 2.44 bits per heavy atom. The summed E-state index contributed by atoms with van der Waals surface area (Å²) in [5.74, 6) is -0.433. The fourth-order valence-electron chi connectivity index (χ4n) is 5.30. The normalized spacial score (nSPS) is 19.6. The zero-order valence-electron chi connectivity index (χ0n) is 18.9. The average molecular weight is 453 g/mol. The fourth-order valence-corrected chi connectivity index (χ4v) is 5.44. The maximum absolute atomic E-state index is 13.8. The molecule has 0 saturated heterocycles. The second-order valence-corrected chi connectivity index (χ2v) is 9.47. The number of carbonyl (C=O) groups is 2. The van der Waals surface area contributed by atoms with E-state index in [1.54, 1.807) is 4.90 Å². The SMILES string of the molecule is Cc1ccc(C(C(=O)NC2CCCCC2)N(C(=O)CCl)C2CCCc3ccccc32)cc1. The van der Waals surface area contributed by atoms with Crippen molar-refractivity contribution in [3.63, 3.8) is 0 Å². The van der Waals surface area contributed by atoms with Gasteiger partial charge >= 0.3 is 0 Å². The average Bonchev–Trinajstić information content (AvgIpc) is 2.83. The molecule has 170 valence electrons. The molecule has 2 aromatic rings. The van der Waals surface area contributed by atoms with Gasteiger partial charge in [-0.15, -0.1) is 11.6 Å². The fraction of sp³-hybridized carbons (Fsp3) is 0.481. The topological polar surface area (TPSA) is 49.4 Å². The van der Waals surface area contributed by atoms with Gasteiger partial charge in [-0.05, 0) is 55.7 Å². The first-order chi connectivity index (χ1) is 15.6. The Morgan fingerprint density at radius 1 is 1.00 bits per heavy atom. The minimum Gasteiger partial charge on any atom is -0.351 e. The first kappa shape index (κ1) is 22.8. The lowest BCUT2D eigenvalue weighted by Gasteiger charge is -2.41. The van der Waals surface area contributed by atoms with Gasteiger partial charge in [0.25, 0.3) is 0 Å². The molecule has 0 heterocycles. The smallest absolute Gasteiger partial charge is 0.247 e. The van der Waals surface area contributed by atoms with Gasteiger partial charge in [0.1, 0.15) is 11.9 Å². The third-order valence-corrected chi connectivity index (χ3v) is 7.18. The van der Waals surface area contributed by atoms with Gasteiger partial charge in [0.2, 0.25) is 11.8 Å². The van der Waals surface area contributed by atoms with Gasteiger partial charge in [0.05, 0.1) is 6.04 Å². The Balaban J connectivity index is 1.74. The van der Waals surface area contributed by atoms with E-state index in [2.05, 4.69) is 17.4 Å². The number of nitrogens with zero attached hydrogens (tertiary/aromatic N) is 1. The monoisotopic (exact) mass is 452 g/mol. The van der Waals surface area contributed by atoms with Crippen LogP contribution in [0, 0.1) is 6.92 Å². The number of halogens is 1. The Morgan fingerprint density at radius 2 is 1.72 bits per heavy atom. The summed E-state index contributed by atoms with van der Waals surface area (Å²) < 4.78 is 0. The van der Waals surface area contributed by atoms with E-state index in [1.807, 2.05) is 43.3 Å². The molecule has 2 aromatic carbocycles. The zero-order chi connectivity index (χ0) is 22.5. The molecule has 4 rings (SSSR count). The highest BCUT2D eigenvalue weighted by atomic mass is 35.5. The molecule has 1 saturated carbocycles. The van der Waals surface area contributed by atoms with Gasteiger partial charge in [0.15, 0.2) is 0 Å². The third kappa shape index (κ3) is 5.01. The molecule has 0 bridgehead atoms. The second kappa shape index (κ2) is 10.5. The van der Waals surface area contributed by atoms with Crippen LogP contribution in [0.2, 0.25) is 0 Å². The molecule has 2 amide bonds. The summed E-state index contributed by atoms with van der Waals surface area (Å²) in [6.07, 6.45) is 8.32. The number of nitrogens with one attached hydrogen (secondary N) is 1. The van der Waals surface area contributed by atoms with E-state index in [9.17, 15) is 9.59 Å². The number of fused-ring (bicyclic) bond motifs is 1. The van der Waals surface area contributed by atoms with Crippen molar-refractivity contribution in [3.05, 3.63) is 70.8 Å². The van der Waals surface area contributed by atoms with Gasteiger partial charge in [0, 0.05) is 6.04 Å². The van der Waals surface area contributed by atoms with Crippen LogP contribution >= 0.6 is 11.6 Å². The van der Waals surface area contributed by atoms with Crippen LogP contribution in [-0.4, -0.2) is 28.6 Å². The highest BCUT2D eigenvalue weighted by molar-refractivity contribution is 6.27. The molecule has 0 aromatic heterocycles. The first-order valence-electron chi connectivity index (χ1n) is 11.9. The molecular weight excluding hydrogens is 420 g/mol. The Labute approximate surface area is 196 Å². The van der Waals surface area contributed by atoms with E-state index in [0.29, 0.717) is 0 Å². The summed E-state index contributed by atoms with van der Waals surface area (Å²) in [5.41, 5.74) is 4.36. The van der Waals surface area contributed by atoms with Crippen molar-refractivity contribution in [2.45, 2.75) is 76.4 Å². The second-order valence-electron chi connectivity index (χ2n) is 9.20. The van der Waals surface area contributed by atoms with E-state index in [1.165, 1.54) is 12.0 Å². The lowest BCUT2D eigenvalue weighted by atomic mass is 9.85. The van der Waals surface area contributed by atoms with Crippen LogP contribution in [0.25, 0.3) is 0 Å². The minimum atomic E-state index is -0.695. The van der Waals surface area contributed by atoms with Crippen LogP contribution in [0.15, 0.2) is 48.5 Å². The van der Waals surface area contributed by atoms with Crippen LogP contribution in [0.5, 0.6) is 0 Å². The van der Waals surface area contributed by atoms with Gasteiger partial charge in [-0.2, -0.15) is 0 Å². The van der Waals surface area contributed by atoms with Crippen molar-refractivity contribution >= 4 is 23.4 Å². The zero-order valence-corrected chi connectivity index (χ0v) is 19.6. The standard InChI is InChI=1S/C27H33ClN2O2/c1-19-14-16-21(17-15-19)26(27(32)29-22-10-3-2-4-11-22)30(25(31)18-28)24-13-7-9-20-8-5-6-12-23(20)24/h5-6,8,12,14-17,22,24,26H,2-4,7,9-11,13,18H2,1H3,(H,29,32). The summed E-state index contributed by atoms with van der Waals surface area (Å²) in [4.78, 5) is 28.9. The van der Waals surface area contributed by atoms with Crippen molar-refractivity contribution in [1.82, 2.24) is 10.2 Å². The molecule has 1 N–H and O–H groups in total. The molecule has 4 nitrogen and oxygen atoms in total. The van der Waals surface area contributed by atoms with Crippen molar-refractivity contribution < 1.29 is 9.59 Å². The predicted molar refractivity (Wildman–Crippen MR) is 129 cm³/mol. The van der Waals surface area contributed by atoms with Crippen molar-refractivity contribution in [2.75, 3.05) is 5.88 Å². The number of hydrogen-bond acceptors (Lipinski definition) is 2. The van der Waals surface area contributed by atoms with Gasteiger partial charge < -0.3 is 10.2 Å². The number of alkyl halides is 1. The van der Waals surface area contributed by atoms with Crippen molar-refractivity contribution in [2.24, 2.45) is 0 Å². The molecule has 2 unspecified atom stereocenters. The molecule has 5 heteroatoms. The number of benzene rings is 2. The van der Waals surface area contributed by atoms with Gasteiger partial charge in [-0.1, -0.05) is 73.4 Å². The van der Waals surface area contributed by atoms with Crippen molar-refractivity contribution in [1.29, 1.82) is 0 Å². The van der Waals surface area contributed by atoms with Crippen LogP contribution in [-0.2, 0) is 16.0 Å². The molecular formula is C27H33ClN2O2. The maximum Gasteiger partial charge on any atom is 0.247 e. The maximum atomic E-state index is 13.8. The van der Waals surface area contributed by atoms with E-state index in [0.717, 1.165) is 61.6 Å². The number of aryl methyl sites for hydroxylation is 2. The predicted octanol–water partition coefficient (Wildman–Crippen LogP) is 5.63. The molecule has 2 atom stereocenters. The van der Waals surface area contributed by atoms with E-state index < -0.39 is 6.04 Å². The summed E-state index contributed by atoms with van der Waals surface area (Å²) >= 11 is 6.12. The number of rotatable bonds is 6.